The van der Waals surface area contributed by atoms with Crippen LogP contribution in [0.15, 0.2) is 0 Å². The van der Waals surface area contributed by atoms with Crippen LogP contribution in [-0.4, -0.2) is 53.0 Å². The van der Waals surface area contributed by atoms with Crippen LogP contribution in [0.2, 0.25) is 0 Å². The first kappa shape index (κ1) is 94.2. The molecule has 36 heteroatoms. The average Bonchev–Trinajstić information content (AvgIpc) is 1.68. The Morgan fingerprint density at radius 3 is 0.462 bits per heavy atom. The third-order valence-electron chi connectivity index (χ3n) is 10.9. The Morgan fingerprint density at radius 2 is 0.387 bits per heavy atom. The minimum atomic E-state index is -2.17. The van der Waals surface area contributed by atoms with Crippen LogP contribution in [0.1, 0.15) is 92.9 Å². The maximum absolute atomic E-state index is 12.0. The van der Waals surface area contributed by atoms with E-state index in [-0.39, 0.29) is 44.8 Å². The summed E-state index contributed by atoms with van der Waals surface area (Å²) in [5.41, 5.74) is 0. The molecule has 0 radical (unpaired) electrons. The van der Waals surface area contributed by atoms with Crippen LogP contribution in [0.3, 0.4) is 0 Å². The summed E-state index contributed by atoms with van der Waals surface area (Å²) in [6.45, 7) is 21.0. The molecule has 0 unspecified atom stereocenters. The van der Waals surface area contributed by atoms with Gasteiger partial charge in [0.15, 0.2) is 0 Å². The van der Waals surface area contributed by atoms with Gasteiger partial charge in [0.25, 0.3) is 0 Å². The van der Waals surface area contributed by atoms with Gasteiger partial charge < -0.3 is 34.2 Å². The number of hydrogen-bond acceptors (Lipinski definition) is 2. The second kappa shape index (κ2) is 46.8. The van der Waals surface area contributed by atoms with Crippen molar-refractivity contribution < 1.29 is 181 Å². The molecule has 6 aromatic rings. The minimum Gasteiger partial charge on any atom is -0.411 e. The summed E-state index contributed by atoms with van der Waals surface area (Å²) in [7, 11) is 0. The van der Waals surface area contributed by atoms with E-state index in [4.69, 9.17) is 24.8 Å². The fourth-order valence-electron chi connectivity index (χ4n) is 6.10. The van der Waals surface area contributed by atoms with Crippen molar-refractivity contribution >= 4 is 29.2 Å². The van der Waals surface area contributed by atoms with Crippen molar-refractivity contribution in [2.75, 3.05) is 39.3 Å². The second-order valence-corrected chi connectivity index (χ2v) is 18.3. The van der Waals surface area contributed by atoms with Crippen molar-refractivity contribution in [2.45, 2.75) is 92.9 Å². The fraction of sp³-hybridized carbons (Fsp3) is 0.351. The molecule has 0 fully saturated rings. The molecule has 93 heavy (non-hydrogen) atoms. The topological polar surface area (TPSA) is 3.24 Å². The van der Waals surface area contributed by atoms with Gasteiger partial charge in [0.05, 0.1) is 201 Å². The summed E-state index contributed by atoms with van der Waals surface area (Å²) in [5, 5.41) is 0. The Kier molecular flexibility index (Phi) is 47.4. The molecule has 0 N–H and O–H groups in total. The zero-order valence-electron chi connectivity index (χ0n) is 48.1. The van der Waals surface area contributed by atoms with Crippen LogP contribution in [0.5, 0.6) is 0 Å². The van der Waals surface area contributed by atoms with Gasteiger partial charge in [-0.1, -0.05) is 57.7 Å². The molecule has 0 bridgehead atoms. The molecule has 528 valence electrons. The molecule has 0 aliphatic rings. The number of benzene rings is 6. The van der Waals surface area contributed by atoms with Gasteiger partial charge in [-0.25, -0.2) is 79.0 Å². The van der Waals surface area contributed by atoms with Gasteiger partial charge in [-0.05, 0) is 39.5 Å². The van der Waals surface area contributed by atoms with Crippen molar-refractivity contribution in [3.8, 4) is 0 Å². The smallest absolute Gasteiger partial charge is 0.411 e. The van der Waals surface area contributed by atoms with Crippen LogP contribution in [0.4, 0.5) is 132 Å². The standard InChI is InChI=1S/C16H36N.6C6F5.C5H11NS2.2Au/c1-5-9-13-17(14-10-6-2,15-11-7-3)16-12-8-4;6*7-2-1-3(8)5(10)6(11)4(2)9;1-3-6(4-2)5(7)8;;/h5-16H2,1-4H3;;;;;;;3-4H2,1-2H3,(H,7,8);;/q+1;6*-1;;2*+3/p-1. The van der Waals surface area contributed by atoms with Gasteiger partial charge in [-0.2, -0.15) is 0 Å². The van der Waals surface area contributed by atoms with Gasteiger partial charge in [-0.15, -0.1) is 36.4 Å². The normalized spacial score (nSPS) is 10.2. The van der Waals surface area contributed by atoms with Crippen LogP contribution >= 0.6 is 12.2 Å². The molecular weight excluding hydrogens is 1740 g/mol. The summed E-state index contributed by atoms with van der Waals surface area (Å²) >= 11 is 9.51. The van der Waals surface area contributed by atoms with Crippen molar-refractivity contribution in [1.82, 2.24) is 4.90 Å². The second-order valence-electron chi connectivity index (χ2n) is 17.3. The molecule has 0 amide bonds. The van der Waals surface area contributed by atoms with Gasteiger partial charge in [0.1, 0.15) is 0 Å². The molecular formula is C57H46Au2F30N2S2. The fourth-order valence-corrected chi connectivity index (χ4v) is 6.61. The predicted molar refractivity (Wildman–Crippen MR) is 273 cm³/mol. The summed E-state index contributed by atoms with van der Waals surface area (Å²) < 4.78 is 361. The van der Waals surface area contributed by atoms with Crippen molar-refractivity contribution in [2.24, 2.45) is 0 Å². The van der Waals surface area contributed by atoms with Gasteiger partial charge in [0, 0.05) is 13.1 Å². The quantitative estimate of drug-likeness (QED) is 0.0156. The monoisotopic (exact) mass is 1790 g/mol. The minimum absolute atomic E-state index is 0. The van der Waals surface area contributed by atoms with Crippen LogP contribution in [0.25, 0.3) is 0 Å². The molecule has 6 aromatic carbocycles. The van der Waals surface area contributed by atoms with Crippen LogP contribution < -0.4 is 0 Å². The van der Waals surface area contributed by atoms with Gasteiger partial charge in [-0.3, -0.25) is 52.7 Å². The van der Waals surface area contributed by atoms with E-state index < -0.39 is 175 Å². The Morgan fingerprint density at radius 1 is 0.269 bits per heavy atom. The van der Waals surface area contributed by atoms with Crippen LogP contribution in [-0.2, 0) is 57.4 Å². The number of unbranched alkanes of at least 4 members (excludes halogenated alkanes) is 4. The SMILES string of the molecule is CCCC[N+](CCCC)(CCCC)CCCC.CCN(CC)C(=S)[S-].Fc1[c-]c(F)c(F)c(F)c1F.Fc1[c-]c(F)c(F)c(F)c1F.Fc1[c-]c(F)c(F)c(F)c1F.Fc1[c-]c(F)c(F)c(F)c1F.Fc1[c-]c(F)c(F)c(F)c1F.Fc1[c-]c(F)c(F)c(F)c1F.[Au+3].[Au+3]. The van der Waals surface area contributed by atoms with E-state index in [1.807, 2.05) is 18.7 Å². The maximum atomic E-state index is 12.0. The molecule has 0 aromatic heterocycles. The van der Waals surface area contributed by atoms with Crippen molar-refractivity contribution in [3.63, 3.8) is 0 Å². The first-order chi connectivity index (χ1) is 42.2. The van der Waals surface area contributed by atoms with E-state index in [2.05, 4.69) is 27.7 Å². The van der Waals surface area contributed by atoms with E-state index in [9.17, 15) is 132 Å². The zero-order valence-corrected chi connectivity index (χ0v) is 54.0. The molecule has 0 aliphatic heterocycles. The molecule has 2 nitrogen and oxygen atoms in total. The Labute approximate surface area is 555 Å². The average molecular weight is 1790 g/mol. The molecule has 6 rings (SSSR count). The zero-order chi connectivity index (χ0) is 71.1. The van der Waals surface area contributed by atoms with E-state index in [1.165, 1.54) is 82.0 Å². The summed E-state index contributed by atoms with van der Waals surface area (Å²) in [4.78, 5) is 1.96. The van der Waals surface area contributed by atoms with E-state index in [0.29, 0.717) is 4.32 Å². The number of quaternary nitrogens is 1. The first-order valence-corrected chi connectivity index (χ1v) is 26.3. The maximum Gasteiger partial charge on any atom is 3.00 e. The molecule has 0 heterocycles. The summed E-state index contributed by atoms with van der Waals surface area (Å²) in [6.07, 6.45) is 11.1. The van der Waals surface area contributed by atoms with Gasteiger partial charge >= 0.3 is 44.8 Å². The molecule has 0 atom stereocenters. The Bertz CT molecular complexity index is 2620. The first-order valence-electron chi connectivity index (χ1n) is 25.4. The van der Waals surface area contributed by atoms with E-state index >= 15 is 0 Å². The van der Waals surface area contributed by atoms with E-state index in [1.54, 1.807) is 0 Å². The third kappa shape index (κ3) is 30.6. The largest absolute Gasteiger partial charge is 3.00 e. The number of nitrogens with zero attached hydrogens (tertiary/aromatic N) is 2. The third-order valence-corrected chi connectivity index (χ3v) is 11.4. The van der Waals surface area contributed by atoms with Crippen LogP contribution in [0, 0.1) is 211 Å². The number of hydrogen-bond donors (Lipinski definition) is 0. The molecule has 0 spiro atoms. The predicted octanol–water partition coefficient (Wildman–Crippen LogP) is 19.3. The Balaban J connectivity index is -0.000000489. The van der Waals surface area contributed by atoms with Crippen molar-refractivity contribution in [3.05, 3.63) is 211 Å². The Hall–Kier alpha value is -5.23. The van der Waals surface area contributed by atoms with Crippen molar-refractivity contribution in [1.29, 1.82) is 0 Å². The van der Waals surface area contributed by atoms with E-state index in [0.717, 1.165) is 49.5 Å². The summed E-state index contributed by atoms with van der Waals surface area (Å²) in [5.74, 6) is -60.3. The summed E-state index contributed by atoms with van der Waals surface area (Å²) in [6, 6.07) is 6.15. The number of halogens is 30. The molecule has 0 saturated carbocycles. The molecule has 0 aliphatic carbocycles. The molecule has 0 saturated heterocycles. The number of thiocarbonyl (C=S) groups is 1. The van der Waals surface area contributed by atoms with Gasteiger partial charge in [0.2, 0.25) is 0 Å². The number of rotatable bonds is 14.